The fourth-order valence-electron chi connectivity index (χ4n) is 2.43. The van der Waals surface area contributed by atoms with E-state index >= 15 is 0 Å². The molecule has 1 fully saturated rings. The fourth-order valence-corrected chi connectivity index (χ4v) is 2.54. The first-order valence-electron chi connectivity index (χ1n) is 7.00. The van der Waals surface area contributed by atoms with E-state index in [2.05, 4.69) is 11.9 Å². The Kier molecular flexibility index (Phi) is 3.72. The van der Waals surface area contributed by atoms with Crippen LogP contribution in [0, 0.1) is 5.92 Å². The molecule has 0 bridgehead atoms. The van der Waals surface area contributed by atoms with E-state index in [0.29, 0.717) is 29.1 Å². The van der Waals surface area contributed by atoms with Gasteiger partial charge in [-0.1, -0.05) is 18.5 Å². The second kappa shape index (κ2) is 5.53. The van der Waals surface area contributed by atoms with E-state index in [0.717, 1.165) is 11.5 Å². The van der Waals surface area contributed by atoms with E-state index in [1.807, 2.05) is 12.1 Å². The molecule has 0 aromatic carbocycles. The third kappa shape index (κ3) is 3.10. The minimum Gasteiger partial charge on any atom is -0.464 e. The summed E-state index contributed by atoms with van der Waals surface area (Å²) in [5.74, 6) is 3.01. The van der Waals surface area contributed by atoms with E-state index in [1.54, 1.807) is 24.1 Å². The standard InChI is InChI=1S/C16H17ClN2O2/c1-10-7-13(10)14-5-4-12(21-14)9-19(2)16(20)11-3-6-15(17)18-8-11/h3-6,8,10,13H,7,9H2,1-2H3. The van der Waals surface area contributed by atoms with Crippen molar-refractivity contribution in [2.24, 2.45) is 5.92 Å². The van der Waals surface area contributed by atoms with Crippen molar-refractivity contribution in [2.75, 3.05) is 7.05 Å². The summed E-state index contributed by atoms with van der Waals surface area (Å²) in [5.41, 5.74) is 0.518. The minimum atomic E-state index is -0.100. The normalized spacial score (nSPS) is 20.3. The molecule has 110 valence electrons. The Labute approximate surface area is 128 Å². The summed E-state index contributed by atoms with van der Waals surface area (Å²) in [6.45, 7) is 2.67. The summed E-state index contributed by atoms with van der Waals surface area (Å²) in [7, 11) is 1.75. The highest BCUT2D eigenvalue weighted by atomic mass is 35.5. The van der Waals surface area contributed by atoms with Crippen molar-refractivity contribution in [3.8, 4) is 0 Å². The summed E-state index contributed by atoms with van der Waals surface area (Å²) in [6.07, 6.45) is 2.68. The first kappa shape index (κ1) is 14.1. The van der Waals surface area contributed by atoms with Crippen LogP contribution in [0.4, 0.5) is 0 Å². The third-order valence-electron chi connectivity index (χ3n) is 3.87. The molecule has 0 saturated heterocycles. The molecular formula is C16H17ClN2O2. The van der Waals surface area contributed by atoms with Gasteiger partial charge in [0.15, 0.2) is 0 Å². The number of furan rings is 1. The molecular weight excluding hydrogens is 288 g/mol. The lowest BCUT2D eigenvalue weighted by atomic mass is 10.2. The van der Waals surface area contributed by atoms with Crippen LogP contribution in [0.1, 0.15) is 41.1 Å². The van der Waals surface area contributed by atoms with Gasteiger partial charge in [0.05, 0.1) is 12.1 Å². The zero-order chi connectivity index (χ0) is 15.0. The lowest BCUT2D eigenvalue weighted by molar-refractivity contribution is 0.0774. The first-order valence-corrected chi connectivity index (χ1v) is 7.38. The summed E-state index contributed by atoms with van der Waals surface area (Å²) < 4.78 is 5.82. The first-order chi connectivity index (χ1) is 10.0. The van der Waals surface area contributed by atoms with Crippen LogP contribution >= 0.6 is 11.6 Å². The van der Waals surface area contributed by atoms with Crippen molar-refractivity contribution >= 4 is 17.5 Å². The van der Waals surface area contributed by atoms with Gasteiger partial charge in [-0.25, -0.2) is 4.98 Å². The predicted molar refractivity (Wildman–Crippen MR) is 80.3 cm³/mol. The maximum atomic E-state index is 12.3. The summed E-state index contributed by atoms with van der Waals surface area (Å²) >= 11 is 5.72. The molecule has 0 radical (unpaired) electrons. The summed E-state index contributed by atoms with van der Waals surface area (Å²) in [5, 5.41) is 0.378. The molecule has 4 nitrogen and oxygen atoms in total. The van der Waals surface area contributed by atoms with Crippen LogP contribution in [-0.4, -0.2) is 22.8 Å². The maximum absolute atomic E-state index is 12.3. The molecule has 1 amide bonds. The lowest BCUT2D eigenvalue weighted by Gasteiger charge is -2.15. The minimum absolute atomic E-state index is 0.100. The average molecular weight is 305 g/mol. The van der Waals surface area contributed by atoms with Crippen molar-refractivity contribution in [1.29, 1.82) is 0 Å². The molecule has 2 heterocycles. The second-order valence-electron chi connectivity index (χ2n) is 5.65. The number of pyridine rings is 1. The average Bonchev–Trinajstić information content (AvgIpc) is 3.02. The molecule has 0 spiro atoms. The number of carbonyl (C=O) groups is 1. The number of halogens is 1. The Balaban J connectivity index is 1.65. The van der Waals surface area contributed by atoms with Gasteiger partial charge in [0.25, 0.3) is 5.91 Å². The summed E-state index contributed by atoms with van der Waals surface area (Å²) in [6, 6.07) is 7.26. The quantitative estimate of drug-likeness (QED) is 0.809. The number of hydrogen-bond donors (Lipinski definition) is 0. The molecule has 1 aliphatic carbocycles. The van der Waals surface area contributed by atoms with Crippen LogP contribution in [0.15, 0.2) is 34.9 Å². The highest BCUT2D eigenvalue weighted by Crippen LogP contribution is 2.47. The number of rotatable bonds is 4. The van der Waals surface area contributed by atoms with Crippen LogP contribution < -0.4 is 0 Å². The molecule has 3 rings (SSSR count). The van der Waals surface area contributed by atoms with E-state index in [-0.39, 0.29) is 5.91 Å². The van der Waals surface area contributed by atoms with E-state index in [9.17, 15) is 4.79 Å². The zero-order valence-electron chi connectivity index (χ0n) is 12.0. The molecule has 21 heavy (non-hydrogen) atoms. The Morgan fingerprint density at radius 3 is 2.81 bits per heavy atom. The van der Waals surface area contributed by atoms with E-state index < -0.39 is 0 Å². The van der Waals surface area contributed by atoms with Crippen molar-refractivity contribution in [1.82, 2.24) is 9.88 Å². The van der Waals surface area contributed by atoms with Gasteiger partial charge in [-0.05, 0) is 36.6 Å². The van der Waals surface area contributed by atoms with Gasteiger partial charge in [0, 0.05) is 19.2 Å². The molecule has 0 N–H and O–H groups in total. The second-order valence-corrected chi connectivity index (χ2v) is 6.04. The largest absolute Gasteiger partial charge is 0.464 e. The lowest BCUT2D eigenvalue weighted by Crippen LogP contribution is -2.26. The molecule has 1 saturated carbocycles. The smallest absolute Gasteiger partial charge is 0.255 e. The Morgan fingerprint density at radius 1 is 1.43 bits per heavy atom. The Bertz CT molecular complexity index is 651. The molecule has 1 aliphatic rings. The van der Waals surface area contributed by atoms with Gasteiger partial charge in [-0.15, -0.1) is 0 Å². The van der Waals surface area contributed by atoms with Crippen molar-refractivity contribution in [2.45, 2.75) is 25.8 Å². The van der Waals surface area contributed by atoms with E-state index in [4.69, 9.17) is 16.0 Å². The van der Waals surface area contributed by atoms with Gasteiger partial charge >= 0.3 is 0 Å². The van der Waals surface area contributed by atoms with Crippen LogP contribution in [0.2, 0.25) is 5.15 Å². The van der Waals surface area contributed by atoms with E-state index in [1.165, 1.54) is 12.6 Å². The topological polar surface area (TPSA) is 46.3 Å². The number of hydrogen-bond acceptors (Lipinski definition) is 3. The molecule has 0 aliphatic heterocycles. The fraction of sp³-hybridized carbons (Fsp3) is 0.375. The van der Waals surface area contributed by atoms with Crippen LogP contribution in [0.5, 0.6) is 0 Å². The van der Waals surface area contributed by atoms with Gasteiger partial charge in [0.2, 0.25) is 0 Å². The molecule has 2 aromatic rings. The third-order valence-corrected chi connectivity index (χ3v) is 4.09. The number of amides is 1. The van der Waals surface area contributed by atoms with Crippen LogP contribution in [-0.2, 0) is 6.54 Å². The molecule has 2 unspecified atom stereocenters. The van der Waals surface area contributed by atoms with Crippen LogP contribution in [0.25, 0.3) is 0 Å². The molecule has 2 atom stereocenters. The monoisotopic (exact) mass is 304 g/mol. The maximum Gasteiger partial charge on any atom is 0.255 e. The van der Waals surface area contributed by atoms with Gasteiger partial charge in [-0.2, -0.15) is 0 Å². The number of carbonyl (C=O) groups excluding carboxylic acids is 1. The van der Waals surface area contributed by atoms with Gasteiger partial charge in [-0.3, -0.25) is 4.79 Å². The van der Waals surface area contributed by atoms with Crippen molar-refractivity contribution in [3.05, 3.63) is 52.7 Å². The summed E-state index contributed by atoms with van der Waals surface area (Å²) in [4.78, 5) is 17.8. The van der Waals surface area contributed by atoms with Gasteiger partial charge in [0.1, 0.15) is 16.7 Å². The number of nitrogens with zero attached hydrogens (tertiary/aromatic N) is 2. The Morgan fingerprint density at radius 2 is 2.19 bits per heavy atom. The zero-order valence-corrected chi connectivity index (χ0v) is 12.8. The SMILES string of the molecule is CC1CC1c1ccc(CN(C)C(=O)c2ccc(Cl)nc2)o1. The highest BCUT2D eigenvalue weighted by Gasteiger charge is 2.36. The highest BCUT2D eigenvalue weighted by molar-refractivity contribution is 6.29. The molecule has 5 heteroatoms. The molecule has 2 aromatic heterocycles. The predicted octanol–water partition coefficient (Wildman–Crippen LogP) is 3.72. The van der Waals surface area contributed by atoms with Crippen LogP contribution in [0.3, 0.4) is 0 Å². The Hall–Kier alpha value is -1.81. The van der Waals surface area contributed by atoms with Crippen molar-refractivity contribution in [3.63, 3.8) is 0 Å². The van der Waals surface area contributed by atoms with Crippen molar-refractivity contribution < 1.29 is 9.21 Å². The van der Waals surface area contributed by atoms with Gasteiger partial charge < -0.3 is 9.32 Å². The number of aromatic nitrogens is 1.